The summed E-state index contributed by atoms with van der Waals surface area (Å²) in [5.41, 5.74) is 1.58. The van der Waals surface area contributed by atoms with Gasteiger partial charge in [0.05, 0.1) is 11.4 Å². The standard InChI is InChI=1S/C13H18F3N5.ClH/c1-4-21-8-10(9(2)18-21)6-17-7-11-5-12(13(14,15)16)19-20(11)3;/h5,8,17H,4,6-7H2,1-3H3;1H. The molecule has 0 unspecified atom stereocenters. The van der Waals surface area contributed by atoms with Crippen LogP contribution in [-0.4, -0.2) is 19.6 Å². The molecule has 9 heteroatoms. The molecular weight excluding hydrogens is 319 g/mol. The largest absolute Gasteiger partial charge is 0.435 e. The molecule has 2 aromatic rings. The van der Waals surface area contributed by atoms with Gasteiger partial charge in [-0.05, 0) is 19.9 Å². The number of nitrogens with zero attached hydrogens (tertiary/aromatic N) is 4. The van der Waals surface area contributed by atoms with E-state index in [9.17, 15) is 13.2 Å². The first kappa shape index (κ1) is 18.5. The van der Waals surface area contributed by atoms with Gasteiger partial charge >= 0.3 is 6.18 Å². The second-order valence-electron chi connectivity index (χ2n) is 4.84. The average molecular weight is 338 g/mol. The van der Waals surface area contributed by atoms with Gasteiger partial charge in [-0.3, -0.25) is 9.36 Å². The highest BCUT2D eigenvalue weighted by Crippen LogP contribution is 2.28. The van der Waals surface area contributed by atoms with Gasteiger partial charge in [-0.2, -0.15) is 23.4 Å². The minimum Gasteiger partial charge on any atom is -0.307 e. The lowest BCUT2D eigenvalue weighted by Gasteiger charge is -2.04. The van der Waals surface area contributed by atoms with Crippen LogP contribution in [0.25, 0.3) is 0 Å². The third-order valence-electron chi connectivity index (χ3n) is 3.26. The maximum absolute atomic E-state index is 12.6. The summed E-state index contributed by atoms with van der Waals surface area (Å²) >= 11 is 0. The summed E-state index contributed by atoms with van der Waals surface area (Å²) in [6.45, 7) is 5.57. The van der Waals surface area contributed by atoms with Crippen molar-refractivity contribution in [1.29, 1.82) is 0 Å². The summed E-state index contributed by atoms with van der Waals surface area (Å²) in [5.74, 6) is 0. The quantitative estimate of drug-likeness (QED) is 0.912. The predicted octanol–water partition coefficient (Wildman–Crippen LogP) is 2.68. The lowest BCUT2D eigenvalue weighted by atomic mass is 10.2. The van der Waals surface area contributed by atoms with Gasteiger partial charge in [-0.15, -0.1) is 12.4 Å². The fourth-order valence-corrected chi connectivity index (χ4v) is 2.03. The zero-order chi connectivity index (χ0) is 15.6. The topological polar surface area (TPSA) is 47.7 Å². The van der Waals surface area contributed by atoms with Crippen LogP contribution < -0.4 is 5.32 Å². The molecule has 1 N–H and O–H groups in total. The Morgan fingerprint density at radius 2 is 1.91 bits per heavy atom. The number of hydrogen-bond acceptors (Lipinski definition) is 3. The molecule has 0 spiro atoms. The third kappa shape index (κ3) is 4.23. The number of hydrogen-bond donors (Lipinski definition) is 1. The Morgan fingerprint density at radius 1 is 1.23 bits per heavy atom. The molecule has 0 amide bonds. The van der Waals surface area contributed by atoms with Crippen molar-refractivity contribution in [3.05, 3.63) is 34.9 Å². The number of rotatable bonds is 5. The molecule has 0 saturated heterocycles. The predicted molar refractivity (Wildman–Crippen MR) is 78.6 cm³/mol. The molecule has 2 rings (SSSR count). The van der Waals surface area contributed by atoms with Crippen LogP contribution in [0.3, 0.4) is 0 Å². The van der Waals surface area contributed by atoms with Crippen molar-refractivity contribution in [3.8, 4) is 0 Å². The highest BCUT2D eigenvalue weighted by Gasteiger charge is 2.34. The zero-order valence-corrected chi connectivity index (χ0v) is 13.4. The number of halogens is 4. The molecule has 0 aliphatic heterocycles. The van der Waals surface area contributed by atoms with Crippen molar-refractivity contribution in [2.45, 2.75) is 39.7 Å². The Morgan fingerprint density at radius 3 is 2.41 bits per heavy atom. The Balaban J connectivity index is 0.00000242. The molecule has 0 aliphatic carbocycles. The Bertz CT molecular complexity index is 618. The van der Waals surface area contributed by atoms with Crippen molar-refractivity contribution in [2.75, 3.05) is 0 Å². The second-order valence-corrected chi connectivity index (χ2v) is 4.84. The molecule has 0 saturated carbocycles. The van der Waals surface area contributed by atoms with Gasteiger partial charge in [0.1, 0.15) is 0 Å². The summed E-state index contributed by atoms with van der Waals surface area (Å²) in [6.07, 6.45) is -2.47. The van der Waals surface area contributed by atoms with Gasteiger partial charge in [-0.25, -0.2) is 0 Å². The maximum atomic E-state index is 12.6. The molecule has 0 aliphatic rings. The molecule has 2 aromatic heterocycles. The highest BCUT2D eigenvalue weighted by molar-refractivity contribution is 5.85. The maximum Gasteiger partial charge on any atom is 0.435 e. The first-order valence-corrected chi connectivity index (χ1v) is 6.65. The number of alkyl halides is 3. The van der Waals surface area contributed by atoms with Gasteiger partial charge in [0.25, 0.3) is 0 Å². The number of aryl methyl sites for hydroxylation is 3. The molecule has 5 nitrogen and oxygen atoms in total. The molecule has 0 aromatic carbocycles. The van der Waals surface area contributed by atoms with Crippen molar-refractivity contribution in [1.82, 2.24) is 24.9 Å². The SMILES string of the molecule is CCn1cc(CNCc2cc(C(F)(F)F)nn2C)c(C)n1.Cl. The van der Waals surface area contributed by atoms with Crippen LogP contribution in [0, 0.1) is 6.92 Å². The van der Waals surface area contributed by atoms with Gasteiger partial charge in [-0.1, -0.05) is 0 Å². The van der Waals surface area contributed by atoms with Crippen molar-refractivity contribution in [3.63, 3.8) is 0 Å². The van der Waals surface area contributed by atoms with E-state index >= 15 is 0 Å². The normalized spacial score (nSPS) is 11.5. The van der Waals surface area contributed by atoms with Gasteiger partial charge in [0.2, 0.25) is 0 Å². The molecule has 0 fully saturated rings. The van der Waals surface area contributed by atoms with E-state index in [1.165, 1.54) is 11.7 Å². The zero-order valence-electron chi connectivity index (χ0n) is 12.6. The summed E-state index contributed by atoms with van der Waals surface area (Å²) in [4.78, 5) is 0. The monoisotopic (exact) mass is 337 g/mol. The molecule has 0 bridgehead atoms. The molecule has 2 heterocycles. The molecule has 22 heavy (non-hydrogen) atoms. The summed E-state index contributed by atoms with van der Waals surface area (Å²) in [6, 6.07) is 1.06. The van der Waals surface area contributed by atoms with E-state index in [2.05, 4.69) is 15.5 Å². The van der Waals surface area contributed by atoms with Crippen LogP contribution in [0.5, 0.6) is 0 Å². The molecule has 0 atom stereocenters. The van der Waals surface area contributed by atoms with Crippen LogP contribution in [0.15, 0.2) is 12.3 Å². The minimum atomic E-state index is -4.41. The van der Waals surface area contributed by atoms with E-state index < -0.39 is 11.9 Å². The van der Waals surface area contributed by atoms with E-state index in [-0.39, 0.29) is 12.4 Å². The Hall–Kier alpha value is -1.54. The molecule has 124 valence electrons. The van der Waals surface area contributed by atoms with Crippen LogP contribution >= 0.6 is 12.4 Å². The van der Waals surface area contributed by atoms with E-state index in [0.29, 0.717) is 18.8 Å². The van der Waals surface area contributed by atoms with Crippen molar-refractivity contribution in [2.24, 2.45) is 7.05 Å². The number of aromatic nitrogens is 4. The van der Waals surface area contributed by atoms with E-state index in [0.717, 1.165) is 23.9 Å². The summed E-state index contributed by atoms with van der Waals surface area (Å²) in [7, 11) is 1.51. The first-order chi connectivity index (χ1) is 9.81. The lowest BCUT2D eigenvalue weighted by Crippen LogP contribution is -2.15. The fraction of sp³-hybridized carbons (Fsp3) is 0.538. The number of nitrogens with one attached hydrogen (secondary N) is 1. The Kier molecular flexibility index (Phi) is 6.01. The average Bonchev–Trinajstić information content (AvgIpc) is 2.94. The van der Waals surface area contributed by atoms with Gasteiger partial charge in [0, 0.05) is 38.4 Å². The van der Waals surface area contributed by atoms with Crippen LogP contribution in [-0.2, 0) is 32.9 Å². The second kappa shape index (κ2) is 7.15. The molecular formula is C13H19ClF3N5. The minimum absolute atomic E-state index is 0. The highest BCUT2D eigenvalue weighted by atomic mass is 35.5. The van der Waals surface area contributed by atoms with Crippen molar-refractivity contribution < 1.29 is 13.2 Å². The van der Waals surface area contributed by atoms with E-state index in [1.54, 1.807) is 0 Å². The smallest absolute Gasteiger partial charge is 0.307 e. The van der Waals surface area contributed by atoms with Crippen molar-refractivity contribution >= 4 is 12.4 Å². The fourth-order valence-electron chi connectivity index (χ4n) is 2.03. The van der Waals surface area contributed by atoms with Gasteiger partial charge in [0.15, 0.2) is 5.69 Å². The van der Waals surface area contributed by atoms with Crippen LogP contribution in [0.4, 0.5) is 13.2 Å². The summed E-state index contributed by atoms with van der Waals surface area (Å²) < 4.78 is 40.7. The Labute approximate surface area is 132 Å². The van der Waals surface area contributed by atoms with Crippen LogP contribution in [0.1, 0.15) is 29.6 Å². The lowest BCUT2D eigenvalue weighted by molar-refractivity contribution is -0.141. The van der Waals surface area contributed by atoms with Crippen LogP contribution in [0.2, 0.25) is 0 Å². The van der Waals surface area contributed by atoms with E-state index in [1.807, 2.05) is 24.7 Å². The summed E-state index contributed by atoms with van der Waals surface area (Å²) in [5, 5.41) is 10.9. The first-order valence-electron chi connectivity index (χ1n) is 6.65. The van der Waals surface area contributed by atoms with Gasteiger partial charge < -0.3 is 5.32 Å². The molecule has 0 radical (unpaired) electrons. The van der Waals surface area contributed by atoms with E-state index in [4.69, 9.17) is 0 Å². The third-order valence-corrected chi connectivity index (χ3v) is 3.26.